The first kappa shape index (κ1) is 15.2. The van der Waals surface area contributed by atoms with Gasteiger partial charge in [-0.1, -0.05) is 32.6 Å². The third-order valence-electron chi connectivity index (χ3n) is 1.87. The van der Waals surface area contributed by atoms with E-state index in [-0.39, 0.29) is 18.4 Å². The first-order valence-corrected chi connectivity index (χ1v) is 4.55. The second-order valence-electron chi connectivity index (χ2n) is 2.98. The van der Waals surface area contributed by atoms with Crippen LogP contribution in [0.5, 0.6) is 0 Å². The van der Waals surface area contributed by atoms with Crippen LogP contribution >= 0.6 is 12.4 Å². The Morgan fingerprint density at radius 1 is 1.38 bits per heavy atom. The number of hydrogen-bond donors (Lipinski definition) is 1. The maximum absolute atomic E-state index is 10.8. The number of methoxy groups -OCH3 is 1. The lowest BCUT2D eigenvalue weighted by Crippen LogP contribution is -2.31. The molecule has 0 aromatic heterocycles. The Morgan fingerprint density at radius 3 is 2.46 bits per heavy atom. The summed E-state index contributed by atoms with van der Waals surface area (Å²) in [7, 11) is 1.37. The molecule has 0 fully saturated rings. The van der Waals surface area contributed by atoms with Gasteiger partial charge in [-0.2, -0.15) is 0 Å². The third-order valence-corrected chi connectivity index (χ3v) is 1.87. The Morgan fingerprint density at radius 2 is 2.00 bits per heavy atom. The molecule has 80 valence electrons. The minimum absolute atomic E-state index is 0. The average Bonchev–Trinajstić information content (AvgIpc) is 2.10. The second-order valence-corrected chi connectivity index (χ2v) is 2.98. The van der Waals surface area contributed by atoms with E-state index in [9.17, 15) is 4.79 Å². The lowest BCUT2D eigenvalue weighted by Gasteiger charge is -2.07. The van der Waals surface area contributed by atoms with Crippen molar-refractivity contribution in [2.24, 2.45) is 5.73 Å². The van der Waals surface area contributed by atoms with Gasteiger partial charge in [0.1, 0.15) is 6.04 Å². The van der Waals surface area contributed by atoms with Crippen LogP contribution in [0.4, 0.5) is 0 Å². The molecular formula is C9H20ClNO2. The van der Waals surface area contributed by atoms with Gasteiger partial charge in [0.2, 0.25) is 0 Å². The molecule has 3 nitrogen and oxygen atoms in total. The highest BCUT2D eigenvalue weighted by Gasteiger charge is 2.11. The molecule has 0 saturated carbocycles. The number of esters is 1. The predicted octanol–water partition coefficient (Wildman–Crippen LogP) is 1.88. The number of ether oxygens (including phenoxy) is 1. The van der Waals surface area contributed by atoms with E-state index in [0.29, 0.717) is 0 Å². The monoisotopic (exact) mass is 209 g/mol. The number of nitrogens with two attached hydrogens (primary N) is 1. The van der Waals surface area contributed by atoms with Crippen LogP contribution in [-0.2, 0) is 9.53 Å². The molecular weight excluding hydrogens is 190 g/mol. The van der Waals surface area contributed by atoms with E-state index < -0.39 is 6.04 Å². The van der Waals surface area contributed by atoms with Crippen molar-refractivity contribution in [3.8, 4) is 0 Å². The molecule has 0 aliphatic heterocycles. The van der Waals surface area contributed by atoms with Crippen molar-refractivity contribution in [1.29, 1.82) is 0 Å². The first-order chi connectivity index (χ1) is 5.72. The van der Waals surface area contributed by atoms with Crippen LogP contribution in [0.3, 0.4) is 0 Å². The minimum atomic E-state index is -0.424. The van der Waals surface area contributed by atoms with Crippen molar-refractivity contribution in [2.45, 2.75) is 45.1 Å². The normalized spacial score (nSPS) is 11.6. The second kappa shape index (κ2) is 9.81. The van der Waals surface area contributed by atoms with Gasteiger partial charge in [-0.05, 0) is 6.42 Å². The zero-order chi connectivity index (χ0) is 9.40. The molecule has 0 unspecified atom stereocenters. The van der Waals surface area contributed by atoms with Crippen molar-refractivity contribution in [2.75, 3.05) is 7.11 Å². The van der Waals surface area contributed by atoms with Gasteiger partial charge < -0.3 is 10.5 Å². The van der Waals surface area contributed by atoms with E-state index in [1.807, 2.05) is 0 Å². The van der Waals surface area contributed by atoms with Crippen LogP contribution in [0.25, 0.3) is 0 Å². The highest BCUT2D eigenvalue weighted by molar-refractivity contribution is 5.85. The number of unbranched alkanes of at least 4 members (excludes halogenated alkanes) is 3. The highest BCUT2D eigenvalue weighted by Crippen LogP contribution is 2.04. The molecule has 0 aliphatic carbocycles. The van der Waals surface area contributed by atoms with E-state index in [1.54, 1.807) is 0 Å². The summed E-state index contributed by atoms with van der Waals surface area (Å²) in [6, 6.07) is -0.424. The van der Waals surface area contributed by atoms with Gasteiger partial charge in [0.15, 0.2) is 0 Å². The van der Waals surface area contributed by atoms with Crippen LogP contribution in [0.2, 0.25) is 0 Å². The summed E-state index contributed by atoms with van der Waals surface area (Å²) in [5.74, 6) is -0.300. The minimum Gasteiger partial charge on any atom is -0.468 e. The van der Waals surface area contributed by atoms with Crippen molar-refractivity contribution in [3.63, 3.8) is 0 Å². The van der Waals surface area contributed by atoms with E-state index in [4.69, 9.17) is 5.73 Å². The number of rotatable bonds is 6. The van der Waals surface area contributed by atoms with Gasteiger partial charge in [0.05, 0.1) is 7.11 Å². The van der Waals surface area contributed by atoms with Crippen molar-refractivity contribution >= 4 is 18.4 Å². The first-order valence-electron chi connectivity index (χ1n) is 4.55. The van der Waals surface area contributed by atoms with Crippen molar-refractivity contribution in [3.05, 3.63) is 0 Å². The number of halogens is 1. The van der Waals surface area contributed by atoms with Gasteiger partial charge in [-0.3, -0.25) is 4.79 Å². The van der Waals surface area contributed by atoms with Crippen molar-refractivity contribution < 1.29 is 9.53 Å². The maximum atomic E-state index is 10.8. The SMILES string of the molecule is CCCCCC[C@@H](N)C(=O)OC.Cl. The Kier molecular flexibility index (Phi) is 11.5. The third kappa shape index (κ3) is 8.06. The molecule has 0 spiro atoms. The van der Waals surface area contributed by atoms with Crippen molar-refractivity contribution in [1.82, 2.24) is 0 Å². The largest absolute Gasteiger partial charge is 0.468 e. The zero-order valence-corrected chi connectivity index (χ0v) is 9.23. The Labute approximate surface area is 86.4 Å². The molecule has 0 saturated heterocycles. The topological polar surface area (TPSA) is 52.3 Å². The number of carbonyl (C=O) groups excluding carboxylic acids is 1. The van der Waals surface area contributed by atoms with Crippen LogP contribution in [0, 0.1) is 0 Å². The van der Waals surface area contributed by atoms with Crippen LogP contribution in [0.1, 0.15) is 39.0 Å². The Balaban J connectivity index is 0. The molecule has 0 heterocycles. The molecule has 0 amide bonds. The summed E-state index contributed by atoms with van der Waals surface area (Å²) in [6.07, 6.45) is 5.33. The van der Waals surface area contributed by atoms with Crippen LogP contribution < -0.4 is 5.73 Å². The molecule has 13 heavy (non-hydrogen) atoms. The number of hydrogen-bond acceptors (Lipinski definition) is 3. The fourth-order valence-electron chi connectivity index (χ4n) is 1.06. The van der Waals surface area contributed by atoms with E-state index in [2.05, 4.69) is 11.7 Å². The summed E-state index contributed by atoms with van der Waals surface area (Å²) < 4.78 is 4.51. The predicted molar refractivity (Wildman–Crippen MR) is 56.0 cm³/mol. The van der Waals surface area contributed by atoms with E-state index in [0.717, 1.165) is 19.3 Å². The summed E-state index contributed by atoms with van der Waals surface area (Å²) in [6.45, 7) is 2.15. The molecule has 0 bridgehead atoms. The lowest BCUT2D eigenvalue weighted by atomic mass is 10.1. The maximum Gasteiger partial charge on any atom is 0.322 e. The molecule has 1 atom stereocenters. The summed E-state index contributed by atoms with van der Waals surface area (Å²) in [4.78, 5) is 10.8. The van der Waals surface area contributed by atoms with Crippen LogP contribution in [0.15, 0.2) is 0 Å². The standard InChI is InChI=1S/C9H19NO2.ClH/c1-3-4-5-6-7-8(10)9(11)12-2;/h8H,3-7,10H2,1-2H3;1H/t8-;/m1./s1. The van der Waals surface area contributed by atoms with Gasteiger partial charge >= 0.3 is 5.97 Å². The van der Waals surface area contributed by atoms with Gasteiger partial charge in [0, 0.05) is 0 Å². The molecule has 4 heteroatoms. The summed E-state index contributed by atoms with van der Waals surface area (Å²) in [5, 5.41) is 0. The molecule has 0 aliphatic rings. The van der Waals surface area contributed by atoms with E-state index in [1.165, 1.54) is 20.0 Å². The fraction of sp³-hybridized carbons (Fsp3) is 0.889. The van der Waals surface area contributed by atoms with Gasteiger partial charge in [0.25, 0.3) is 0 Å². The van der Waals surface area contributed by atoms with Gasteiger partial charge in [-0.25, -0.2) is 0 Å². The Bertz CT molecular complexity index is 131. The summed E-state index contributed by atoms with van der Waals surface area (Å²) in [5.41, 5.74) is 5.54. The summed E-state index contributed by atoms with van der Waals surface area (Å²) >= 11 is 0. The smallest absolute Gasteiger partial charge is 0.322 e. The van der Waals surface area contributed by atoms with E-state index >= 15 is 0 Å². The molecule has 2 N–H and O–H groups in total. The van der Waals surface area contributed by atoms with Crippen LogP contribution in [-0.4, -0.2) is 19.1 Å². The zero-order valence-electron chi connectivity index (χ0n) is 8.41. The molecule has 0 aromatic carbocycles. The fourth-order valence-corrected chi connectivity index (χ4v) is 1.06. The quantitative estimate of drug-likeness (QED) is 0.537. The highest BCUT2D eigenvalue weighted by atomic mass is 35.5. The molecule has 0 rings (SSSR count). The average molecular weight is 210 g/mol. The molecule has 0 radical (unpaired) electrons. The molecule has 0 aromatic rings. The van der Waals surface area contributed by atoms with Gasteiger partial charge in [-0.15, -0.1) is 12.4 Å². The Hall–Kier alpha value is -0.280. The number of carbonyl (C=O) groups is 1. The lowest BCUT2D eigenvalue weighted by molar-refractivity contribution is -0.142.